The van der Waals surface area contributed by atoms with Crippen LogP contribution in [0, 0.1) is 6.92 Å². The van der Waals surface area contributed by atoms with E-state index in [1.165, 1.54) is 31.0 Å². The smallest absolute Gasteiger partial charge is 0.263 e. The number of aromatic nitrogens is 2. The number of fused-ring (bicyclic) bond motifs is 1. The van der Waals surface area contributed by atoms with E-state index >= 15 is 0 Å². The number of thiophene rings is 1. The Morgan fingerprint density at radius 3 is 2.66 bits per heavy atom. The maximum absolute atomic E-state index is 13.6. The van der Waals surface area contributed by atoms with Crippen molar-refractivity contribution in [3.63, 3.8) is 0 Å². The van der Waals surface area contributed by atoms with E-state index < -0.39 is 0 Å². The molecule has 1 saturated heterocycles. The molecule has 0 bridgehead atoms. The highest BCUT2D eigenvalue weighted by Crippen LogP contribution is 2.30. The molecule has 32 heavy (non-hydrogen) atoms. The number of ether oxygens (including phenoxy) is 1. The zero-order chi connectivity index (χ0) is 22.7. The molecule has 2 fully saturated rings. The Labute approximate surface area is 198 Å². The van der Waals surface area contributed by atoms with Gasteiger partial charge in [0, 0.05) is 24.1 Å². The Morgan fingerprint density at radius 2 is 2.00 bits per heavy atom. The molecule has 176 valence electrons. The van der Waals surface area contributed by atoms with Gasteiger partial charge < -0.3 is 9.64 Å². The lowest BCUT2D eigenvalue weighted by Gasteiger charge is -2.33. The van der Waals surface area contributed by atoms with E-state index in [0.29, 0.717) is 23.5 Å². The van der Waals surface area contributed by atoms with Crippen LogP contribution in [-0.4, -0.2) is 51.4 Å². The van der Waals surface area contributed by atoms with Crippen molar-refractivity contribution in [2.24, 2.45) is 0 Å². The van der Waals surface area contributed by atoms with E-state index in [1.54, 1.807) is 15.9 Å². The van der Waals surface area contributed by atoms with Crippen molar-refractivity contribution < 1.29 is 9.53 Å². The van der Waals surface area contributed by atoms with Gasteiger partial charge in [-0.15, -0.1) is 11.3 Å². The van der Waals surface area contributed by atoms with Gasteiger partial charge in [-0.2, -0.15) is 0 Å². The number of thioether (sulfide) groups is 1. The first-order valence-electron chi connectivity index (χ1n) is 12.1. The van der Waals surface area contributed by atoms with E-state index in [4.69, 9.17) is 9.72 Å². The minimum absolute atomic E-state index is 0.0151. The lowest BCUT2D eigenvalue weighted by molar-refractivity contribution is -0.131. The van der Waals surface area contributed by atoms with Crippen LogP contribution in [0.3, 0.4) is 0 Å². The predicted octanol–water partition coefficient (Wildman–Crippen LogP) is 4.78. The van der Waals surface area contributed by atoms with Crippen molar-refractivity contribution in [2.45, 2.75) is 96.0 Å². The molecule has 1 atom stereocenters. The summed E-state index contributed by atoms with van der Waals surface area (Å²) in [6.45, 7) is 8.22. The largest absolute Gasteiger partial charge is 0.376 e. The van der Waals surface area contributed by atoms with E-state index in [2.05, 4.69) is 20.8 Å². The summed E-state index contributed by atoms with van der Waals surface area (Å²) in [5.74, 6) is 0.470. The second-order valence-corrected chi connectivity index (χ2v) is 11.0. The van der Waals surface area contributed by atoms with Crippen LogP contribution >= 0.6 is 23.1 Å². The van der Waals surface area contributed by atoms with Gasteiger partial charge in [0.1, 0.15) is 4.83 Å². The summed E-state index contributed by atoms with van der Waals surface area (Å²) in [7, 11) is 0. The lowest BCUT2D eigenvalue weighted by atomic mass is 9.94. The molecule has 1 aliphatic carbocycles. The van der Waals surface area contributed by atoms with Gasteiger partial charge in [-0.25, -0.2) is 4.98 Å². The average molecular weight is 478 g/mol. The van der Waals surface area contributed by atoms with Gasteiger partial charge >= 0.3 is 0 Å². The van der Waals surface area contributed by atoms with Gasteiger partial charge in [0.05, 0.1) is 23.8 Å². The molecule has 0 spiro atoms. The van der Waals surface area contributed by atoms with Gasteiger partial charge in [-0.1, -0.05) is 37.9 Å². The Hall–Kier alpha value is -1.38. The molecule has 2 aromatic rings. The third-order valence-electron chi connectivity index (χ3n) is 6.84. The Balaban J connectivity index is 1.61. The zero-order valence-electron chi connectivity index (χ0n) is 19.5. The number of amides is 1. The highest BCUT2D eigenvalue weighted by molar-refractivity contribution is 7.99. The van der Waals surface area contributed by atoms with Crippen LogP contribution in [0.15, 0.2) is 9.95 Å². The molecule has 1 aliphatic heterocycles. The average Bonchev–Trinajstić information content (AvgIpc) is 3.42. The van der Waals surface area contributed by atoms with Crippen LogP contribution in [0.5, 0.6) is 0 Å². The Morgan fingerprint density at radius 1 is 1.22 bits per heavy atom. The monoisotopic (exact) mass is 477 g/mol. The number of hydrogen-bond donors (Lipinski definition) is 0. The summed E-state index contributed by atoms with van der Waals surface area (Å²) in [6.07, 6.45) is 8.75. The fourth-order valence-electron chi connectivity index (χ4n) is 5.16. The van der Waals surface area contributed by atoms with Gasteiger partial charge in [-0.05, 0) is 51.5 Å². The number of aryl methyl sites for hydroxylation is 2. The van der Waals surface area contributed by atoms with Crippen molar-refractivity contribution in [1.82, 2.24) is 14.5 Å². The number of carbonyl (C=O) groups is 1. The first-order chi connectivity index (χ1) is 15.5. The maximum atomic E-state index is 13.6. The van der Waals surface area contributed by atoms with Crippen LogP contribution in [-0.2, 0) is 22.5 Å². The molecule has 6 nitrogen and oxygen atoms in total. The van der Waals surface area contributed by atoms with Crippen molar-refractivity contribution in [2.75, 3.05) is 18.9 Å². The molecule has 0 aromatic carbocycles. The standard InChI is InChI=1S/C24H35N3O3S2/c1-4-19-16(3)32-22-21(19)23(29)27(14-18-12-9-13-30-18)24(25-22)31-15-20(28)26(5-2)17-10-7-6-8-11-17/h17-18H,4-15H2,1-3H3. The molecule has 1 unspecified atom stereocenters. The van der Waals surface area contributed by atoms with Crippen LogP contribution in [0.25, 0.3) is 10.2 Å². The molecule has 0 radical (unpaired) electrons. The molecule has 2 aliphatic rings. The minimum Gasteiger partial charge on any atom is -0.376 e. The molecule has 0 N–H and O–H groups in total. The first-order valence-corrected chi connectivity index (χ1v) is 13.9. The number of hydrogen-bond acceptors (Lipinski definition) is 6. The van der Waals surface area contributed by atoms with Crippen molar-refractivity contribution >= 4 is 39.2 Å². The third kappa shape index (κ3) is 4.92. The second kappa shape index (κ2) is 10.7. The highest BCUT2D eigenvalue weighted by Gasteiger charge is 2.26. The Bertz CT molecular complexity index is 1000. The molecule has 3 heterocycles. The summed E-state index contributed by atoms with van der Waals surface area (Å²) < 4.78 is 7.61. The van der Waals surface area contributed by atoms with Gasteiger partial charge in [0.2, 0.25) is 5.91 Å². The molecule has 8 heteroatoms. The fraction of sp³-hybridized carbons (Fsp3) is 0.708. The van der Waals surface area contributed by atoms with E-state index in [1.807, 2.05) is 4.90 Å². The first kappa shape index (κ1) is 23.8. The van der Waals surface area contributed by atoms with Crippen molar-refractivity contribution in [1.29, 1.82) is 0 Å². The lowest BCUT2D eigenvalue weighted by Crippen LogP contribution is -2.42. The minimum atomic E-state index is 0.0151. The normalized spacial score (nSPS) is 19.7. The summed E-state index contributed by atoms with van der Waals surface area (Å²) in [4.78, 5) is 35.6. The van der Waals surface area contributed by atoms with Crippen molar-refractivity contribution in [3.05, 3.63) is 20.8 Å². The number of nitrogens with zero attached hydrogens (tertiary/aromatic N) is 3. The number of carbonyl (C=O) groups excluding carboxylic acids is 1. The molecule has 1 amide bonds. The Kier molecular flexibility index (Phi) is 7.95. The SMILES string of the molecule is CCc1c(C)sc2nc(SCC(=O)N(CC)C3CCCCC3)n(CC3CCCO3)c(=O)c12. The van der Waals surface area contributed by atoms with E-state index in [0.717, 1.165) is 65.9 Å². The topological polar surface area (TPSA) is 64.4 Å². The molecule has 4 rings (SSSR count). The van der Waals surface area contributed by atoms with Crippen LogP contribution in [0.4, 0.5) is 0 Å². The summed E-state index contributed by atoms with van der Waals surface area (Å²) in [5, 5.41) is 1.40. The van der Waals surface area contributed by atoms with Crippen LogP contribution < -0.4 is 5.56 Å². The molecule has 1 saturated carbocycles. The van der Waals surface area contributed by atoms with E-state index in [-0.39, 0.29) is 17.6 Å². The van der Waals surface area contributed by atoms with Gasteiger partial charge in [-0.3, -0.25) is 14.2 Å². The summed E-state index contributed by atoms with van der Waals surface area (Å²) in [5.41, 5.74) is 1.12. The molecular formula is C24H35N3O3S2. The van der Waals surface area contributed by atoms with Gasteiger partial charge in [0.25, 0.3) is 5.56 Å². The van der Waals surface area contributed by atoms with Gasteiger partial charge in [0.15, 0.2) is 5.16 Å². The highest BCUT2D eigenvalue weighted by atomic mass is 32.2. The fourth-order valence-corrected chi connectivity index (χ4v) is 7.21. The maximum Gasteiger partial charge on any atom is 0.263 e. The van der Waals surface area contributed by atoms with Crippen LogP contribution in [0.1, 0.15) is 69.2 Å². The quantitative estimate of drug-likeness (QED) is 0.404. The molecular weight excluding hydrogens is 442 g/mol. The summed E-state index contributed by atoms with van der Waals surface area (Å²) >= 11 is 3.00. The third-order valence-corrected chi connectivity index (χ3v) is 8.85. The van der Waals surface area contributed by atoms with E-state index in [9.17, 15) is 9.59 Å². The van der Waals surface area contributed by atoms with Crippen LogP contribution in [0.2, 0.25) is 0 Å². The summed E-state index contributed by atoms with van der Waals surface area (Å²) in [6, 6.07) is 0.360. The predicted molar refractivity (Wildman–Crippen MR) is 132 cm³/mol. The number of rotatable bonds is 8. The second-order valence-electron chi connectivity index (χ2n) is 8.88. The van der Waals surface area contributed by atoms with Crippen molar-refractivity contribution in [3.8, 4) is 0 Å². The molecule has 2 aromatic heterocycles. The zero-order valence-corrected chi connectivity index (χ0v) is 21.2.